The highest BCUT2D eigenvalue weighted by atomic mass is 127. The molecule has 0 aliphatic heterocycles. The molecule has 6 heteroatoms. The van der Waals surface area contributed by atoms with Crippen LogP contribution in [0.3, 0.4) is 0 Å². The molecule has 0 radical (unpaired) electrons. The molecule has 0 fully saturated rings. The highest BCUT2D eigenvalue weighted by Gasteiger charge is 2.13. The number of carbonyl (C=O) groups is 1. The van der Waals surface area contributed by atoms with E-state index in [1.807, 2.05) is 36.4 Å². The van der Waals surface area contributed by atoms with Crippen molar-refractivity contribution in [3.63, 3.8) is 0 Å². The molecule has 0 bridgehead atoms. The second-order valence-electron chi connectivity index (χ2n) is 5.70. The van der Waals surface area contributed by atoms with Crippen molar-refractivity contribution in [2.24, 2.45) is 0 Å². The van der Waals surface area contributed by atoms with Crippen LogP contribution in [0, 0.1) is 3.57 Å². The average molecular weight is 495 g/mol. The third kappa shape index (κ3) is 4.16. The SMILES string of the molecule is CCc1cc(I)ccc1NC(=S)NC(=O)c1cccc2c(Cl)cccc12. The Morgan fingerprint density at radius 1 is 1.12 bits per heavy atom. The van der Waals surface area contributed by atoms with E-state index < -0.39 is 0 Å². The van der Waals surface area contributed by atoms with Gasteiger partial charge in [-0.15, -0.1) is 0 Å². The molecule has 3 nitrogen and oxygen atoms in total. The van der Waals surface area contributed by atoms with E-state index in [-0.39, 0.29) is 11.0 Å². The summed E-state index contributed by atoms with van der Waals surface area (Å²) in [6, 6.07) is 17.0. The van der Waals surface area contributed by atoms with Gasteiger partial charge in [-0.05, 0) is 82.5 Å². The number of halogens is 2. The summed E-state index contributed by atoms with van der Waals surface area (Å²) in [7, 11) is 0. The van der Waals surface area contributed by atoms with E-state index in [2.05, 4.69) is 46.2 Å². The molecule has 3 aromatic carbocycles. The van der Waals surface area contributed by atoms with Gasteiger partial charge in [0.05, 0.1) is 0 Å². The number of carbonyl (C=O) groups excluding carboxylic acids is 1. The summed E-state index contributed by atoms with van der Waals surface area (Å²) in [6.07, 6.45) is 0.873. The quantitative estimate of drug-likeness (QED) is 0.358. The first-order chi connectivity index (χ1) is 12.5. The summed E-state index contributed by atoms with van der Waals surface area (Å²) in [5, 5.41) is 8.40. The van der Waals surface area contributed by atoms with Crippen LogP contribution in [-0.2, 0) is 6.42 Å². The molecule has 0 saturated heterocycles. The van der Waals surface area contributed by atoms with Crippen molar-refractivity contribution in [2.75, 3.05) is 5.32 Å². The van der Waals surface area contributed by atoms with E-state index in [1.165, 1.54) is 0 Å². The molecule has 2 N–H and O–H groups in total. The summed E-state index contributed by atoms with van der Waals surface area (Å²) in [5.41, 5.74) is 2.58. The normalized spacial score (nSPS) is 10.6. The maximum Gasteiger partial charge on any atom is 0.258 e. The van der Waals surface area contributed by atoms with E-state index in [0.29, 0.717) is 10.6 Å². The van der Waals surface area contributed by atoms with Gasteiger partial charge < -0.3 is 5.32 Å². The van der Waals surface area contributed by atoms with Gasteiger partial charge in [0.2, 0.25) is 0 Å². The molecule has 0 saturated carbocycles. The lowest BCUT2D eigenvalue weighted by atomic mass is 10.0. The minimum Gasteiger partial charge on any atom is -0.332 e. The van der Waals surface area contributed by atoms with Crippen LogP contribution >= 0.6 is 46.4 Å². The summed E-state index contributed by atoms with van der Waals surface area (Å²) < 4.78 is 1.16. The first-order valence-electron chi connectivity index (χ1n) is 8.07. The standard InChI is InChI=1S/C20H16ClIN2OS/c1-2-12-11-13(22)9-10-18(12)23-20(26)24-19(25)16-7-3-6-15-14(16)5-4-8-17(15)21/h3-11H,2H2,1H3,(H2,23,24,25,26). The molecule has 0 aliphatic rings. The summed E-state index contributed by atoms with van der Waals surface area (Å²) in [6.45, 7) is 2.08. The fourth-order valence-electron chi connectivity index (χ4n) is 2.77. The van der Waals surface area contributed by atoms with Crippen LogP contribution < -0.4 is 10.6 Å². The van der Waals surface area contributed by atoms with E-state index >= 15 is 0 Å². The number of benzene rings is 3. The van der Waals surface area contributed by atoms with Crippen LogP contribution in [0.2, 0.25) is 5.02 Å². The number of nitrogens with one attached hydrogen (secondary N) is 2. The number of amides is 1. The van der Waals surface area contributed by atoms with Gasteiger partial charge in [-0.25, -0.2) is 0 Å². The van der Waals surface area contributed by atoms with Gasteiger partial charge in [-0.2, -0.15) is 0 Å². The zero-order valence-corrected chi connectivity index (χ0v) is 17.7. The lowest BCUT2D eigenvalue weighted by molar-refractivity contribution is 0.0979. The van der Waals surface area contributed by atoms with Crippen LogP contribution in [0.25, 0.3) is 10.8 Å². The molecule has 0 atom stereocenters. The Kier molecular flexibility index (Phi) is 6.11. The van der Waals surface area contributed by atoms with E-state index in [9.17, 15) is 4.79 Å². The second kappa shape index (κ2) is 8.33. The van der Waals surface area contributed by atoms with Gasteiger partial charge in [0, 0.05) is 25.2 Å². The van der Waals surface area contributed by atoms with Crippen LogP contribution in [0.1, 0.15) is 22.8 Å². The monoisotopic (exact) mass is 494 g/mol. The lowest BCUT2D eigenvalue weighted by Crippen LogP contribution is -2.34. The topological polar surface area (TPSA) is 41.1 Å². The molecule has 0 spiro atoms. The molecule has 0 aromatic heterocycles. The zero-order chi connectivity index (χ0) is 18.7. The van der Waals surface area contributed by atoms with Gasteiger partial charge in [0.1, 0.15) is 0 Å². The van der Waals surface area contributed by atoms with E-state index in [0.717, 1.165) is 32.0 Å². The molecule has 0 heterocycles. The Hall–Kier alpha value is -1.70. The number of fused-ring (bicyclic) bond motifs is 1. The predicted molar refractivity (Wildman–Crippen MR) is 121 cm³/mol. The highest BCUT2D eigenvalue weighted by Crippen LogP contribution is 2.26. The third-order valence-corrected chi connectivity index (χ3v) is 5.24. The molecule has 26 heavy (non-hydrogen) atoms. The number of thiocarbonyl (C=S) groups is 1. The first kappa shape index (κ1) is 19.1. The molecule has 0 aliphatic carbocycles. The van der Waals surface area contributed by atoms with Crippen molar-refractivity contribution in [3.8, 4) is 0 Å². The molecule has 3 aromatic rings. The Labute approximate surface area is 176 Å². The number of aryl methyl sites for hydroxylation is 1. The smallest absolute Gasteiger partial charge is 0.258 e. The molecule has 1 amide bonds. The Bertz CT molecular complexity index is 1010. The molecule has 0 unspecified atom stereocenters. The van der Waals surface area contributed by atoms with E-state index in [4.69, 9.17) is 23.8 Å². The van der Waals surface area contributed by atoms with Crippen LogP contribution in [0.15, 0.2) is 54.6 Å². The van der Waals surface area contributed by atoms with Gasteiger partial charge in [0.15, 0.2) is 5.11 Å². The largest absolute Gasteiger partial charge is 0.332 e. The average Bonchev–Trinajstić information content (AvgIpc) is 2.63. The summed E-state index contributed by atoms with van der Waals surface area (Å²) in [5.74, 6) is -0.265. The second-order valence-corrected chi connectivity index (χ2v) is 7.76. The van der Waals surface area contributed by atoms with E-state index in [1.54, 1.807) is 12.1 Å². The van der Waals surface area contributed by atoms with Gasteiger partial charge >= 0.3 is 0 Å². The Morgan fingerprint density at radius 3 is 2.62 bits per heavy atom. The molecule has 3 rings (SSSR count). The third-order valence-electron chi connectivity index (χ3n) is 4.04. The van der Waals surface area contributed by atoms with Gasteiger partial charge in [-0.1, -0.05) is 42.8 Å². The van der Waals surface area contributed by atoms with Gasteiger partial charge in [-0.3, -0.25) is 10.1 Å². The first-order valence-corrected chi connectivity index (χ1v) is 9.94. The minimum atomic E-state index is -0.265. The summed E-state index contributed by atoms with van der Waals surface area (Å²) >= 11 is 13.8. The van der Waals surface area contributed by atoms with Crippen molar-refractivity contribution >= 4 is 73.9 Å². The summed E-state index contributed by atoms with van der Waals surface area (Å²) in [4.78, 5) is 12.7. The van der Waals surface area contributed by atoms with Crippen molar-refractivity contribution in [3.05, 3.63) is 74.3 Å². The Balaban J connectivity index is 1.81. The number of anilines is 1. The zero-order valence-electron chi connectivity index (χ0n) is 14.0. The fraction of sp³-hybridized carbons (Fsp3) is 0.100. The van der Waals surface area contributed by atoms with Crippen molar-refractivity contribution in [2.45, 2.75) is 13.3 Å². The molecular formula is C20H16ClIN2OS. The number of hydrogen-bond acceptors (Lipinski definition) is 2. The maximum atomic E-state index is 12.7. The van der Waals surface area contributed by atoms with Crippen molar-refractivity contribution in [1.82, 2.24) is 5.32 Å². The van der Waals surface area contributed by atoms with Crippen LogP contribution in [0.4, 0.5) is 5.69 Å². The lowest BCUT2D eigenvalue weighted by Gasteiger charge is -2.14. The van der Waals surface area contributed by atoms with Crippen LogP contribution in [0.5, 0.6) is 0 Å². The van der Waals surface area contributed by atoms with Crippen LogP contribution in [-0.4, -0.2) is 11.0 Å². The molecular weight excluding hydrogens is 479 g/mol. The predicted octanol–water partition coefficient (Wildman–Crippen LogP) is 5.79. The maximum absolute atomic E-state index is 12.7. The van der Waals surface area contributed by atoms with Gasteiger partial charge in [0.25, 0.3) is 5.91 Å². The van der Waals surface area contributed by atoms with Crippen molar-refractivity contribution in [1.29, 1.82) is 0 Å². The van der Waals surface area contributed by atoms with Crippen molar-refractivity contribution < 1.29 is 4.79 Å². The minimum absolute atomic E-state index is 0.265. The number of rotatable bonds is 3. The Morgan fingerprint density at radius 2 is 1.85 bits per heavy atom. The highest BCUT2D eigenvalue weighted by molar-refractivity contribution is 14.1. The fourth-order valence-corrected chi connectivity index (χ4v) is 3.77. The molecule has 132 valence electrons. The number of hydrogen-bond donors (Lipinski definition) is 2.